The van der Waals surface area contributed by atoms with Gasteiger partial charge in [0.15, 0.2) is 4.32 Å². The van der Waals surface area contributed by atoms with Crippen LogP contribution >= 0.6 is 24.0 Å². The van der Waals surface area contributed by atoms with Gasteiger partial charge in [-0.1, -0.05) is 87.6 Å². The monoisotopic (exact) mass is 352 g/mol. The van der Waals surface area contributed by atoms with Gasteiger partial charge in [-0.2, -0.15) is 0 Å². The third kappa shape index (κ3) is 8.96. The summed E-state index contributed by atoms with van der Waals surface area (Å²) in [6.45, 7) is 2.24. The molecular weight excluding hydrogens is 324 g/mol. The van der Waals surface area contributed by atoms with E-state index in [1.807, 2.05) is 18.2 Å². The fraction of sp³-hybridized carbons (Fsp3) is 0.556. The Morgan fingerprint density at radius 1 is 1.09 bits per heavy atom. The van der Waals surface area contributed by atoms with Crippen LogP contribution in [0.3, 0.4) is 0 Å². The van der Waals surface area contributed by atoms with Crippen LogP contribution in [0.2, 0.25) is 0 Å². The molecule has 0 bridgehead atoms. The summed E-state index contributed by atoms with van der Waals surface area (Å²) < 4.78 is 0.709. The van der Waals surface area contributed by atoms with Crippen molar-refractivity contribution in [3.05, 3.63) is 35.9 Å². The molecule has 0 heterocycles. The number of hydrogen-bond acceptors (Lipinski definition) is 3. The van der Waals surface area contributed by atoms with Crippen LogP contribution in [0.15, 0.2) is 30.3 Å². The average Bonchev–Trinajstić information content (AvgIpc) is 2.57. The van der Waals surface area contributed by atoms with Crippen LogP contribution < -0.4 is 5.43 Å². The van der Waals surface area contributed by atoms with Gasteiger partial charge < -0.3 is 0 Å². The molecule has 1 aromatic carbocycles. The van der Waals surface area contributed by atoms with Crippen molar-refractivity contribution < 1.29 is 4.79 Å². The summed E-state index contributed by atoms with van der Waals surface area (Å²) in [6, 6.07) is 9.17. The maximum absolute atomic E-state index is 12.0. The zero-order valence-corrected chi connectivity index (χ0v) is 15.8. The highest BCUT2D eigenvalue weighted by atomic mass is 32.2. The summed E-state index contributed by atoms with van der Waals surface area (Å²) in [5, 5.41) is 1.64. The molecule has 0 aromatic heterocycles. The van der Waals surface area contributed by atoms with E-state index in [4.69, 9.17) is 12.2 Å². The number of hydrazine groups is 1. The molecule has 0 spiro atoms. The summed E-state index contributed by atoms with van der Waals surface area (Å²) in [7, 11) is 1.79. The number of nitrogens with one attached hydrogen (secondary N) is 1. The molecule has 0 saturated heterocycles. The molecular formula is C18H28N2OS2. The summed E-state index contributed by atoms with van der Waals surface area (Å²) in [6.07, 6.45) is 9.10. The number of carbonyl (C=O) groups is 1. The van der Waals surface area contributed by atoms with Crippen LogP contribution in [-0.2, 0) is 0 Å². The molecule has 0 aliphatic carbocycles. The molecule has 1 N–H and O–H groups in total. The zero-order chi connectivity index (χ0) is 16.9. The normalized spacial score (nSPS) is 10.3. The number of unbranched alkanes of at least 4 members (excludes halogenated alkanes) is 6. The van der Waals surface area contributed by atoms with E-state index in [2.05, 4.69) is 12.3 Å². The third-order valence-corrected chi connectivity index (χ3v) is 5.19. The predicted octanol–water partition coefficient (Wildman–Crippen LogP) is 5.03. The van der Waals surface area contributed by atoms with Crippen molar-refractivity contribution in [2.24, 2.45) is 0 Å². The Hall–Kier alpha value is -1.07. The van der Waals surface area contributed by atoms with E-state index in [1.165, 1.54) is 44.9 Å². The standard InChI is InChI=1S/C18H28N2OS2/c1-3-4-5-6-7-8-12-15-23-18(22)20(2)19-17(21)16-13-10-9-11-14-16/h9-11,13-14H,3-8,12,15H2,1-2H3,(H,19,21). The molecule has 0 aliphatic rings. The van der Waals surface area contributed by atoms with Crippen molar-refractivity contribution in [2.45, 2.75) is 51.9 Å². The van der Waals surface area contributed by atoms with E-state index in [0.717, 1.165) is 5.75 Å². The topological polar surface area (TPSA) is 32.3 Å². The SMILES string of the molecule is CCCCCCCCCSC(=S)N(C)NC(=O)c1ccccc1. The van der Waals surface area contributed by atoms with E-state index in [1.54, 1.807) is 36.0 Å². The summed E-state index contributed by atoms with van der Waals surface area (Å²) in [5.74, 6) is 0.880. The Kier molecular flexibility index (Phi) is 10.7. The van der Waals surface area contributed by atoms with Gasteiger partial charge >= 0.3 is 0 Å². The van der Waals surface area contributed by atoms with Crippen molar-refractivity contribution >= 4 is 34.2 Å². The second-order valence-electron chi connectivity index (χ2n) is 5.60. The van der Waals surface area contributed by atoms with Crippen LogP contribution in [0, 0.1) is 0 Å². The number of thioether (sulfide) groups is 1. The van der Waals surface area contributed by atoms with Gasteiger partial charge in [0.1, 0.15) is 0 Å². The largest absolute Gasteiger partial charge is 0.272 e. The van der Waals surface area contributed by atoms with Crippen molar-refractivity contribution in [3.8, 4) is 0 Å². The molecule has 1 rings (SSSR count). The molecule has 3 nitrogen and oxygen atoms in total. The lowest BCUT2D eigenvalue weighted by molar-refractivity contribution is 0.0890. The van der Waals surface area contributed by atoms with Crippen molar-refractivity contribution in [3.63, 3.8) is 0 Å². The van der Waals surface area contributed by atoms with Crippen molar-refractivity contribution in [1.82, 2.24) is 10.4 Å². The van der Waals surface area contributed by atoms with Gasteiger partial charge in [-0.25, -0.2) is 0 Å². The number of nitrogens with zero attached hydrogens (tertiary/aromatic N) is 1. The highest BCUT2D eigenvalue weighted by Gasteiger charge is 2.10. The number of thiocarbonyl (C=S) groups is 1. The van der Waals surface area contributed by atoms with Crippen LogP contribution in [0.5, 0.6) is 0 Å². The highest BCUT2D eigenvalue weighted by molar-refractivity contribution is 8.22. The predicted molar refractivity (Wildman–Crippen MR) is 105 cm³/mol. The number of carbonyl (C=O) groups excluding carboxylic acids is 1. The van der Waals surface area contributed by atoms with E-state index >= 15 is 0 Å². The molecule has 128 valence electrons. The Bertz CT molecular complexity index is 465. The van der Waals surface area contributed by atoms with Gasteiger partial charge in [0, 0.05) is 18.4 Å². The minimum atomic E-state index is -0.132. The minimum Gasteiger partial charge on any atom is -0.272 e. The fourth-order valence-corrected chi connectivity index (χ4v) is 3.23. The maximum atomic E-state index is 12.0. The molecule has 23 heavy (non-hydrogen) atoms. The number of amides is 1. The molecule has 0 aliphatic heterocycles. The molecule has 1 aromatic rings. The first kappa shape index (κ1) is 20.0. The maximum Gasteiger partial charge on any atom is 0.269 e. The van der Waals surface area contributed by atoms with E-state index < -0.39 is 0 Å². The first-order chi connectivity index (χ1) is 11.1. The molecule has 0 unspecified atom stereocenters. The second kappa shape index (κ2) is 12.4. The number of hydrogen-bond donors (Lipinski definition) is 1. The molecule has 0 atom stereocenters. The second-order valence-corrected chi connectivity index (χ2v) is 7.33. The molecule has 5 heteroatoms. The first-order valence-corrected chi connectivity index (χ1v) is 9.81. The summed E-state index contributed by atoms with van der Waals surface area (Å²) in [4.78, 5) is 12.0. The van der Waals surface area contributed by atoms with Crippen molar-refractivity contribution in [1.29, 1.82) is 0 Å². The zero-order valence-electron chi connectivity index (χ0n) is 14.2. The lowest BCUT2D eigenvalue weighted by Crippen LogP contribution is -2.41. The van der Waals surface area contributed by atoms with Gasteiger partial charge in [0.2, 0.25) is 0 Å². The van der Waals surface area contributed by atoms with Gasteiger partial charge in [-0.05, 0) is 18.6 Å². The van der Waals surface area contributed by atoms with Crippen LogP contribution in [0.1, 0.15) is 62.2 Å². The fourth-order valence-electron chi connectivity index (χ4n) is 2.17. The third-order valence-electron chi connectivity index (χ3n) is 3.55. The first-order valence-electron chi connectivity index (χ1n) is 8.41. The Labute approximate surface area is 150 Å². The molecule has 0 fully saturated rings. The van der Waals surface area contributed by atoms with Crippen LogP contribution in [-0.4, -0.2) is 28.0 Å². The lowest BCUT2D eigenvalue weighted by atomic mass is 10.1. The highest BCUT2D eigenvalue weighted by Crippen LogP contribution is 2.13. The Morgan fingerprint density at radius 3 is 2.35 bits per heavy atom. The Balaban J connectivity index is 2.13. The minimum absolute atomic E-state index is 0.132. The van der Waals surface area contributed by atoms with E-state index in [0.29, 0.717) is 9.88 Å². The molecule has 0 radical (unpaired) electrons. The summed E-state index contributed by atoms with van der Waals surface area (Å²) >= 11 is 6.99. The average molecular weight is 353 g/mol. The summed E-state index contributed by atoms with van der Waals surface area (Å²) in [5.41, 5.74) is 3.44. The van der Waals surface area contributed by atoms with Crippen LogP contribution in [0.25, 0.3) is 0 Å². The van der Waals surface area contributed by atoms with Gasteiger partial charge in [-0.3, -0.25) is 15.2 Å². The van der Waals surface area contributed by atoms with Gasteiger partial charge in [0.05, 0.1) is 0 Å². The van der Waals surface area contributed by atoms with Crippen molar-refractivity contribution in [2.75, 3.05) is 12.8 Å². The Morgan fingerprint density at radius 2 is 1.70 bits per heavy atom. The quantitative estimate of drug-likeness (QED) is 0.384. The van der Waals surface area contributed by atoms with Gasteiger partial charge in [0.25, 0.3) is 5.91 Å². The van der Waals surface area contributed by atoms with Gasteiger partial charge in [-0.15, -0.1) is 0 Å². The number of rotatable bonds is 9. The smallest absolute Gasteiger partial charge is 0.269 e. The van der Waals surface area contributed by atoms with E-state index in [9.17, 15) is 4.79 Å². The molecule has 0 saturated carbocycles. The van der Waals surface area contributed by atoms with Crippen LogP contribution in [0.4, 0.5) is 0 Å². The molecule has 1 amide bonds. The number of benzene rings is 1. The lowest BCUT2D eigenvalue weighted by Gasteiger charge is -2.20. The van der Waals surface area contributed by atoms with E-state index in [-0.39, 0.29) is 5.91 Å².